The SMILES string of the molecule is COc1cccc(NC(=O)C(C)N2CCN(Cc3ccccc3F)CC2)c1. The van der Waals surface area contributed by atoms with E-state index >= 15 is 0 Å². The van der Waals surface area contributed by atoms with Gasteiger partial charge in [-0.05, 0) is 25.1 Å². The Kier molecular flexibility index (Phi) is 6.42. The molecule has 2 aromatic rings. The third-order valence-corrected chi connectivity index (χ3v) is 5.02. The summed E-state index contributed by atoms with van der Waals surface area (Å²) in [6, 6.07) is 14.0. The number of methoxy groups -OCH3 is 1. The molecule has 0 spiro atoms. The zero-order chi connectivity index (χ0) is 19.2. The minimum Gasteiger partial charge on any atom is -0.497 e. The summed E-state index contributed by atoms with van der Waals surface area (Å²) < 4.78 is 19.0. The molecular formula is C21H26FN3O2. The van der Waals surface area contributed by atoms with Crippen LogP contribution >= 0.6 is 0 Å². The lowest BCUT2D eigenvalue weighted by Crippen LogP contribution is -2.52. The second-order valence-electron chi connectivity index (χ2n) is 6.80. The van der Waals surface area contributed by atoms with Gasteiger partial charge < -0.3 is 10.1 Å². The molecule has 27 heavy (non-hydrogen) atoms. The lowest BCUT2D eigenvalue weighted by molar-refractivity contribution is -0.121. The van der Waals surface area contributed by atoms with E-state index in [0.717, 1.165) is 37.4 Å². The summed E-state index contributed by atoms with van der Waals surface area (Å²) in [4.78, 5) is 17.0. The number of piperazine rings is 1. The van der Waals surface area contributed by atoms with Crippen molar-refractivity contribution < 1.29 is 13.9 Å². The smallest absolute Gasteiger partial charge is 0.241 e. The second-order valence-corrected chi connectivity index (χ2v) is 6.80. The number of nitrogens with one attached hydrogen (secondary N) is 1. The van der Waals surface area contributed by atoms with Crippen LogP contribution in [0.15, 0.2) is 48.5 Å². The number of nitrogens with zero attached hydrogens (tertiary/aromatic N) is 2. The average molecular weight is 371 g/mol. The molecule has 0 aliphatic carbocycles. The van der Waals surface area contributed by atoms with Gasteiger partial charge in [-0.3, -0.25) is 14.6 Å². The molecule has 144 valence electrons. The number of amides is 1. The van der Waals surface area contributed by atoms with Crippen LogP contribution in [0.4, 0.5) is 10.1 Å². The van der Waals surface area contributed by atoms with Crippen LogP contribution in [-0.2, 0) is 11.3 Å². The molecule has 1 saturated heterocycles. The summed E-state index contributed by atoms with van der Waals surface area (Å²) in [5.41, 5.74) is 1.44. The normalized spacial score (nSPS) is 16.7. The van der Waals surface area contributed by atoms with Gasteiger partial charge in [-0.25, -0.2) is 4.39 Å². The van der Waals surface area contributed by atoms with E-state index < -0.39 is 0 Å². The zero-order valence-corrected chi connectivity index (χ0v) is 15.8. The first-order chi connectivity index (χ1) is 13.1. The van der Waals surface area contributed by atoms with Gasteiger partial charge in [-0.1, -0.05) is 24.3 Å². The average Bonchev–Trinajstić information content (AvgIpc) is 2.70. The predicted octanol–water partition coefficient (Wildman–Crippen LogP) is 2.98. The number of carbonyl (C=O) groups is 1. The van der Waals surface area contributed by atoms with Crippen LogP contribution in [0, 0.1) is 5.82 Å². The topological polar surface area (TPSA) is 44.8 Å². The number of anilines is 1. The Bertz CT molecular complexity index is 776. The lowest BCUT2D eigenvalue weighted by atomic mass is 10.1. The van der Waals surface area contributed by atoms with E-state index in [0.29, 0.717) is 12.3 Å². The van der Waals surface area contributed by atoms with Crippen molar-refractivity contribution in [3.8, 4) is 5.75 Å². The summed E-state index contributed by atoms with van der Waals surface area (Å²) in [5.74, 6) is 0.513. The first-order valence-electron chi connectivity index (χ1n) is 9.21. The van der Waals surface area contributed by atoms with E-state index in [1.807, 2.05) is 37.3 Å². The lowest BCUT2D eigenvalue weighted by Gasteiger charge is -2.37. The molecule has 5 nitrogen and oxygen atoms in total. The van der Waals surface area contributed by atoms with E-state index in [2.05, 4.69) is 15.1 Å². The molecule has 1 aliphatic rings. The van der Waals surface area contributed by atoms with Gasteiger partial charge in [0.25, 0.3) is 0 Å². The summed E-state index contributed by atoms with van der Waals surface area (Å²) in [5, 5.41) is 2.95. The molecule has 3 rings (SSSR count). The number of benzene rings is 2. The van der Waals surface area contributed by atoms with Gasteiger partial charge in [0.2, 0.25) is 5.91 Å². The molecule has 0 bridgehead atoms. The van der Waals surface area contributed by atoms with Crippen molar-refractivity contribution in [3.05, 3.63) is 59.9 Å². The molecule has 1 N–H and O–H groups in total. The van der Waals surface area contributed by atoms with Crippen LogP contribution in [0.25, 0.3) is 0 Å². The highest BCUT2D eigenvalue weighted by molar-refractivity contribution is 5.94. The summed E-state index contributed by atoms with van der Waals surface area (Å²) in [6.45, 7) is 5.70. The van der Waals surface area contributed by atoms with E-state index in [-0.39, 0.29) is 17.8 Å². The molecule has 1 aliphatic heterocycles. The Morgan fingerprint density at radius 3 is 2.59 bits per heavy atom. The number of hydrogen-bond donors (Lipinski definition) is 1. The minimum absolute atomic E-state index is 0.0363. The molecule has 1 unspecified atom stereocenters. The number of carbonyl (C=O) groups excluding carboxylic acids is 1. The predicted molar refractivity (Wildman–Crippen MR) is 104 cm³/mol. The fourth-order valence-corrected chi connectivity index (χ4v) is 3.29. The second kappa shape index (κ2) is 8.97. The molecule has 1 amide bonds. The van der Waals surface area contributed by atoms with Crippen LogP contribution in [0.1, 0.15) is 12.5 Å². The summed E-state index contributed by atoms with van der Waals surface area (Å²) in [7, 11) is 1.60. The van der Waals surface area contributed by atoms with Gasteiger partial charge in [-0.15, -0.1) is 0 Å². The van der Waals surface area contributed by atoms with Crippen LogP contribution < -0.4 is 10.1 Å². The Morgan fingerprint density at radius 1 is 1.15 bits per heavy atom. The monoisotopic (exact) mass is 371 g/mol. The van der Waals surface area contributed by atoms with Crippen molar-refractivity contribution >= 4 is 11.6 Å². The zero-order valence-electron chi connectivity index (χ0n) is 15.8. The van der Waals surface area contributed by atoms with Crippen molar-refractivity contribution in [2.75, 3.05) is 38.6 Å². The third-order valence-electron chi connectivity index (χ3n) is 5.02. The van der Waals surface area contributed by atoms with Crippen LogP contribution in [0.5, 0.6) is 5.75 Å². The summed E-state index contributed by atoms with van der Waals surface area (Å²) >= 11 is 0. The minimum atomic E-state index is -0.230. The van der Waals surface area contributed by atoms with Gasteiger partial charge in [0.1, 0.15) is 11.6 Å². The summed E-state index contributed by atoms with van der Waals surface area (Å²) in [6.07, 6.45) is 0. The van der Waals surface area contributed by atoms with Gasteiger partial charge in [-0.2, -0.15) is 0 Å². The number of hydrogen-bond acceptors (Lipinski definition) is 4. The highest BCUT2D eigenvalue weighted by Gasteiger charge is 2.26. The van der Waals surface area contributed by atoms with Crippen LogP contribution in [0.2, 0.25) is 0 Å². The van der Waals surface area contributed by atoms with Gasteiger partial charge in [0, 0.05) is 50.0 Å². The molecule has 2 aromatic carbocycles. The van der Waals surface area contributed by atoms with E-state index in [4.69, 9.17) is 4.74 Å². The molecule has 6 heteroatoms. The quantitative estimate of drug-likeness (QED) is 0.848. The van der Waals surface area contributed by atoms with Crippen molar-refractivity contribution in [1.82, 2.24) is 9.80 Å². The maximum absolute atomic E-state index is 13.8. The molecule has 1 fully saturated rings. The number of halogens is 1. The van der Waals surface area contributed by atoms with Gasteiger partial charge in [0.15, 0.2) is 0 Å². The van der Waals surface area contributed by atoms with E-state index in [1.165, 1.54) is 6.07 Å². The molecule has 1 atom stereocenters. The first-order valence-corrected chi connectivity index (χ1v) is 9.21. The van der Waals surface area contributed by atoms with Gasteiger partial charge in [0.05, 0.1) is 13.2 Å². The third kappa shape index (κ3) is 5.05. The maximum Gasteiger partial charge on any atom is 0.241 e. The largest absolute Gasteiger partial charge is 0.497 e. The fraction of sp³-hybridized carbons (Fsp3) is 0.381. The Balaban J connectivity index is 1.51. The standard InChI is InChI=1S/C21H26FN3O2/c1-16(21(26)23-18-7-5-8-19(14-18)27-2)25-12-10-24(11-13-25)15-17-6-3-4-9-20(17)22/h3-9,14,16H,10-13,15H2,1-2H3,(H,23,26). The maximum atomic E-state index is 13.8. The first kappa shape index (κ1) is 19.3. The van der Waals surface area contributed by atoms with Crippen molar-refractivity contribution in [2.45, 2.75) is 19.5 Å². The highest BCUT2D eigenvalue weighted by atomic mass is 19.1. The van der Waals surface area contributed by atoms with Gasteiger partial charge >= 0.3 is 0 Å². The van der Waals surface area contributed by atoms with Crippen LogP contribution in [0.3, 0.4) is 0 Å². The number of rotatable bonds is 6. The molecule has 1 heterocycles. The highest BCUT2D eigenvalue weighted by Crippen LogP contribution is 2.18. The number of ether oxygens (including phenoxy) is 1. The van der Waals surface area contributed by atoms with E-state index in [1.54, 1.807) is 19.2 Å². The Labute approximate surface area is 159 Å². The molecule has 0 radical (unpaired) electrons. The van der Waals surface area contributed by atoms with Crippen molar-refractivity contribution in [1.29, 1.82) is 0 Å². The molecule has 0 aromatic heterocycles. The van der Waals surface area contributed by atoms with Crippen molar-refractivity contribution in [3.63, 3.8) is 0 Å². The van der Waals surface area contributed by atoms with Crippen LogP contribution in [-0.4, -0.2) is 55.0 Å². The molecular weight excluding hydrogens is 345 g/mol. The van der Waals surface area contributed by atoms with Crippen molar-refractivity contribution in [2.24, 2.45) is 0 Å². The Morgan fingerprint density at radius 2 is 1.89 bits per heavy atom. The fourth-order valence-electron chi connectivity index (χ4n) is 3.29. The molecule has 0 saturated carbocycles. The Hall–Kier alpha value is -2.44. The van der Waals surface area contributed by atoms with E-state index in [9.17, 15) is 9.18 Å².